The number of rotatable bonds is 6. The van der Waals surface area contributed by atoms with Gasteiger partial charge in [-0.05, 0) is 69.3 Å². The highest BCUT2D eigenvalue weighted by molar-refractivity contribution is 5.92. The number of hydrogen-bond acceptors (Lipinski definition) is 4. The molecule has 4 heteroatoms. The van der Waals surface area contributed by atoms with Gasteiger partial charge in [0, 0.05) is 22.3 Å². The first-order valence-electron chi connectivity index (χ1n) is 19.2. The minimum absolute atomic E-state index is 0.518. The van der Waals surface area contributed by atoms with Crippen LogP contribution in [0, 0.1) is 0 Å². The Morgan fingerprint density at radius 1 is 0.351 bits per heavy atom. The SMILES string of the molecule is c1ccc(-c2cc(-c3cccc(-c4ccc5c(c4)Oc4ccc6c(c4O5)-c4ccccc4C6(c4ccccc4)c4ccccc4)c3)nc(-c3ccccc3)n2)cc1. The smallest absolute Gasteiger partial charge is 0.178 e. The first-order chi connectivity index (χ1) is 28.2. The monoisotopic (exact) mass is 730 g/mol. The maximum Gasteiger partial charge on any atom is 0.178 e. The van der Waals surface area contributed by atoms with Gasteiger partial charge < -0.3 is 9.47 Å². The van der Waals surface area contributed by atoms with E-state index >= 15 is 0 Å². The zero-order chi connectivity index (χ0) is 37.8. The van der Waals surface area contributed by atoms with Crippen molar-refractivity contribution in [3.8, 4) is 79.2 Å². The van der Waals surface area contributed by atoms with E-state index in [1.807, 2.05) is 54.6 Å². The lowest BCUT2D eigenvalue weighted by atomic mass is 9.68. The van der Waals surface area contributed by atoms with Crippen molar-refractivity contribution in [1.29, 1.82) is 0 Å². The molecule has 0 unspecified atom stereocenters. The lowest BCUT2D eigenvalue weighted by Crippen LogP contribution is -2.28. The fourth-order valence-electron chi connectivity index (χ4n) is 8.67. The molecule has 2 aliphatic rings. The highest BCUT2D eigenvalue weighted by Crippen LogP contribution is 2.62. The molecule has 0 saturated carbocycles. The third-order valence-electron chi connectivity index (χ3n) is 11.2. The standard InChI is InChI=1S/C53H34N2O2/c1-5-16-35(17-6-1)45-34-46(55-52(54-45)36-18-7-2-8-19-36)39-21-15-20-37(32-39)38-28-30-47-49(33-38)56-48-31-29-44-50(51(48)57-47)42-26-13-14-27-43(42)53(44,40-22-9-3-10-23-40)41-24-11-4-12-25-41/h1-34H. The summed E-state index contributed by atoms with van der Waals surface area (Å²) in [6.07, 6.45) is 0. The summed E-state index contributed by atoms with van der Waals surface area (Å²) in [5.41, 5.74) is 13.3. The Bertz CT molecular complexity index is 2850. The average Bonchev–Trinajstić information content (AvgIpc) is 3.61. The van der Waals surface area contributed by atoms with Crippen LogP contribution in [0.3, 0.4) is 0 Å². The summed E-state index contributed by atoms with van der Waals surface area (Å²) in [5.74, 6) is 3.48. The molecule has 1 aromatic heterocycles. The normalized spacial score (nSPS) is 13.0. The van der Waals surface area contributed by atoms with Gasteiger partial charge in [0.05, 0.1) is 16.8 Å². The molecule has 0 saturated heterocycles. The Kier molecular flexibility index (Phi) is 7.68. The number of nitrogens with zero attached hydrogens (tertiary/aromatic N) is 2. The molecule has 0 spiro atoms. The van der Waals surface area contributed by atoms with Gasteiger partial charge >= 0.3 is 0 Å². The van der Waals surface area contributed by atoms with Crippen LogP contribution in [0.15, 0.2) is 206 Å². The van der Waals surface area contributed by atoms with Crippen molar-refractivity contribution in [2.24, 2.45) is 0 Å². The number of benzene rings is 8. The largest absolute Gasteiger partial charge is 0.449 e. The molecular weight excluding hydrogens is 697 g/mol. The second-order valence-electron chi connectivity index (χ2n) is 14.5. The number of ether oxygens (including phenoxy) is 2. The van der Waals surface area contributed by atoms with Crippen LogP contribution >= 0.6 is 0 Å². The number of aromatic nitrogens is 2. The highest BCUT2D eigenvalue weighted by Gasteiger charge is 2.48. The summed E-state index contributed by atoms with van der Waals surface area (Å²) < 4.78 is 13.7. The Balaban J connectivity index is 0.985. The van der Waals surface area contributed by atoms with Gasteiger partial charge in [0.15, 0.2) is 28.8 Å². The van der Waals surface area contributed by atoms with E-state index in [0.29, 0.717) is 23.1 Å². The predicted molar refractivity (Wildman–Crippen MR) is 228 cm³/mol. The molecule has 268 valence electrons. The number of fused-ring (bicyclic) bond motifs is 6. The van der Waals surface area contributed by atoms with E-state index in [1.165, 1.54) is 22.3 Å². The Labute approximate surface area is 331 Å². The van der Waals surface area contributed by atoms with Gasteiger partial charge in [0.2, 0.25) is 0 Å². The molecule has 0 N–H and O–H groups in total. The van der Waals surface area contributed by atoms with E-state index in [2.05, 4.69) is 152 Å². The van der Waals surface area contributed by atoms with Gasteiger partial charge in [-0.3, -0.25) is 0 Å². The Hall–Kier alpha value is -7.56. The second-order valence-corrected chi connectivity index (χ2v) is 14.5. The molecule has 0 atom stereocenters. The van der Waals surface area contributed by atoms with Crippen molar-refractivity contribution in [3.05, 3.63) is 229 Å². The van der Waals surface area contributed by atoms with Crippen LogP contribution in [0.4, 0.5) is 0 Å². The molecule has 9 aromatic rings. The third kappa shape index (κ3) is 5.37. The fourth-order valence-corrected chi connectivity index (χ4v) is 8.67. The van der Waals surface area contributed by atoms with E-state index in [1.54, 1.807) is 0 Å². The molecule has 0 fully saturated rings. The molecule has 57 heavy (non-hydrogen) atoms. The van der Waals surface area contributed by atoms with Crippen molar-refractivity contribution in [3.63, 3.8) is 0 Å². The summed E-state index contributed by atoms with van der Waals surface area (Å²) in [5, 5.41) is 0. The third-order valence-corrected chi connectivity index (χ3v) is 11.2. The molecule has 0 radical (unpaired) electrons. The van der Waals surface area contributed by atoms with Crippen LogP contribution in [0.1, 0.15) is 22.3 Å². The molecule has 11 rings (SSSR count). The first-order valence-corrected chi connectivity index (χ1v) is 19.2. The minimum Gasteiger partial charge on any atom is -0.449 e. The summed E-state index contributed by atoms with van der Waals surface area (Å²) in [7, 11) is 0. The molecule has 1 aliphatic carbocycles. The minimum atomic E-state index is -0.518. The second kappa shape index (κ2) is 13.3. The Morgan fingerprint density at radius 2 is 0.912 bits per heavy atom. The van der Waals surface area contributed by atoms with E-state index in [0.717, 1.165) is 56.1 Å². The molecule has 2 heterocycles. The van der Waals surface area contributed by atoms with Crippen molar-refractivity contribution >= 4 is 0 Å². The molecular formula is C53H34N2O2. The molecule has 4 nitrogen and oxygen atoms in total. The summed E-state index contributed by atoms with van der Waals surface area (Å²) in [6.45, 7) is 0. The quantitative estimate of drug-likeness (QED) is 0.171. The number of hydrogen-bond donors (Lipinski definition) is 0. The first kappa shape index (κ1) is 32.8. The van der Waals surface area contributed by atoms with E-state index in [-0.39, 0.29) is 0 Å². The lowest BCUT2D eigenvalue weighted by Gasteiger charge is -2.34. The van der Waals surface area contributed by atoms with Crippen LogP contribution in [-0.2, 0) is 5.41 Å². The average molecular weight is 731 g/mol. The summed E-state index contributed by atoms with van der Waals surface area (Å²) in [6, 6.07) is 71.8. The van der Waals surface area contributed by atoms with Crippen LogP contribution in [0.2, 0.25) is 0 Å². The van der Waals surface area contributed by atoms with Crippen molar-refractivity contribution in [2.75, 3.05) is 0 Å². The molecule has 0 bridgehead atoms. The van der Waals surface area contributed by atoms with Gasteiger partial charge in [-0.1, -0.05) is 176 Å². The van der Waals surface area contributed by atoms with Crippen LogP contribution in [0.25, 0.3) is 56.2 Å². The van der Waals surface area contributed by atoms with Gasteiger partial charge in [0.1, 0.15) is 0 Å². The highest BCUT2D eigenvalue weighted by atomic mass is 16.6. The van der Waals surface area contributed by atoms with Gasteiger partial charge in [-0.15, -0.1) is 0 Å². The molecule has 8 aromatic carbocycles. The topological polar surface area (TPSA) is 44.2 Å². The van der Waals surface area contributed by atoms with E-state index < -0.39 is 5.41 Å². The van der Waals surface area contributed by atoms with Crippen LogP contribution in [0.5, 0.6) is 23.0 Å². The van der Waals surface area contributed by atoms with Crippen molar-refractivity contribution in [2.45, 2.75) is 5.41 Å². The summed E-state index contributed by atoms with van der Waals surface area (Å²) in [4.78, 5) is 10.0. The van der Waals surface area contributed by atoms with Crippen LogP contribution in [-0.4, -0.2) is 9.97 Å². The zero-order valence-electron chi connectivity index (χ0n) is 30.8. The van der Waals surface area contributed by atoms with Crippen molar-refractivity contribution < 1.29 is 9.47 Å². The van der Waals surface area contributed by atoms with Crippen LogP contribution < -0.4 is 9.47 Å². The van der Waals surface area contributed by atoms with Gasteiger partial charge in [-0.25, -0.2) is 9.97 Å². The maximum atomic E-state index is 6.89. The fraction of sp³-hybridized carbons (Fsp3) is 0.0189. The summed E-state index contributed by atoms with van der Waals surface area (Å²) >= 11 is 0. The van der Waals surface area contributed by atoms with Gasteiger partial charge in [0.25, 0.3) is 0 Å². The predicted octanol–water partition coefficient (Wildman–Crippen LogP) is 13.4. The van der Waals surface area contributed by atoms with E-state index in [4.69, 9.17) is 19.4 Å². The van der Waals surface area contributed by atoms with Gasteiger partial charge in [-0.2, -0.15) is 0 Å². The van der Waals surface area contributed by atoms with Crippen molar-refractivity contribution in [1.82, 2.24) is 9.97 Å². The zero-order valence-corrected chi connectivity index (χ0v) is 30.8. The molecule has 0 amide bonds. The molecule has 1 aliphatic heterocycles. The Morgan fingerprint density at radius 3 is 1.63 bits per heavy atom. The maximum absolute atomic E-state index is 6.89. The van der Waals surface area contributed by atoms with E-state index in [9.17, 15) is 0 Å². The lowest BCUT2D eigenvalue weighted by molar-refractivity contribution is 0.360.